The summed E-state index contributed by atoms with van der Waals surface area (Å²) in [4.78, 5) is 10.9. The van der Waals surface area contributed by atoms with Gasteiger partial charge in [-0.15, -0.1) is 0 Å². The SMILES string of the molecule is CC(C)(C)c1nc(C(C)(C)C)[n]([Sr][n]2c(C(C)(C)C)nc(C(C)(C)C)c2C(C)(C)C)c1C(C)(C)C. The summed E-state index contributed by atoms with van der Waals surface area (Å²) in [6.07, 6.45) is 0. The molecule has 2 aromatic heterocycles. The Morgan fingerprint density at radius 2 is 0.657 bits per heavy atom. The maximum atomic E-state index is 5.44. The van der Waals surface area contributed by atoms with Crippen LogP contribution in [-0.4, -0.2) is 51.9 Å². The third-order valence-electron chi connectivity index (χ3n) is 6.40. The van der Waals surface area contributed by atoms with E-state index < -0.39 is 41.9 Å². The first-order chi connectivity index (χ1) is 15.2. The second-order valence-corrected chi connectivity index (χ2v) is 20.6. The van der Waals surface area contributed by atoms with Crippen LogP contribution < -0.4 is 0 Å². The van der Waals surface area contributed by atoms with Crippen LogP contribution in [0.2, 0.25) is 0 Å². The van der Waals surface area contributed by atoms with Gasteiger partial charge in [0.1, 0.15) is 0 Å². The van der Waals surface area contributed by atoms with Crippen molar-refractivity contribution < 1.29 is 0 Å². The van der Waals surface area contributed by atoms with Crippen molar-refractivity contribution in [2.75, 3.05) is 0 Å². The van der Waals surface area contributed by atoms with E-state index in [4.69, 9.17) is 9.97 Å². The average Bonchev–Trinajstić information content (AvgIpc) is 3.11. The number of nitrogens with zero attached hydrogens (tertiary/aromatic N) is 4. The van der Waals surface area contributed by atoms with Crippen molar-refractivity contribution in [2.24, 2.45) is 0 Å². The Morgan fingerprint density at radius 3 is 0.829 bits per heavy atom. The molecule has 0 aromatic carbocycles. The van der Waals surface area contributed by atoms with Crippen molar-refractivity contribution in [2.45, 2.75) is 157 Å². The van der Waals surface area contributed by atoms with Gasteiger partial charge in [0.05, 0.1) is 0 Å². The van der Waals surface area contributed by atoms with Gasteiger partial charge in [0.2, 0.25) is 0 Å². The van der Waals surface area contributed by atoms with Gasteiger partial charge in [-0.1, -0.05) is 0 Å². The zero-order valence-electron chi connectivity index (χ0n) is 26.5. The van der Waals surface area contributed by atoms with E-state index in [9.17, 15) is 0 Å². The molecule has 0 aliphatic rings. The van der Waals surface area contributed by atoms with Crippen molar-refractivity contribution in [3.05, 3.63) is 34.4 Å². The Labute approximate surface area is 241 Å². The van der Waals surface area contributed by atoms with Crippen LogP contribution in [-0.2, 0) is 32.5 Å². The predicted molar refractivity (Wildman–Crippen MR) is 153 cm³/mol. The van der Waals surface area contributed by atoms with Crippen LogP contribution >= 0.6 is 0 Å². The van der Waals surface area contributed by atoms with Gasteiger partial charge >= 0.3 is 243 Å². The summed E-state index contributed by atoms with van der Waals surface area (Å²) in [6.45, 7) is 41.9. The van der Waals surface area contributed by atoms with Gasteiger partial charge < -0.3 is 0 Å². The van der Waals surface area contributed by atoms with E-state index in [1.54, 1.807) is 0 Å². The molecule has 2 aromatic rings. The summed E-state index contributed by atoms with van der Waals surface area (Å²) < 4.78 is 5.47. The van der Waals surface area contributed by atoms with Gasteiger partial charge in [-0.3, -0.25) is 0 Å². The van der Waals surface area contributed by atoms with Crippen molar-refractivity contribution in [1.29, 1.82) is 0 Å². The molecule has 0 aliphatic heterocycles. The van der Waals surface area contributed by atoms with Gasteiger partial charge in [-0.05, 0) is 0 Å². The maximum absolute atomic E-state index is 5.44. The Bertz CT molecular complexity index is 971. The van der Waals surface area contributed by atoms with Crippen LogP contribution in [0.15, 0.2) is 0 Å². The van der Waals surface area contributed by atoms with Crippen LogP contribution in [0.4, 0.5) is 0 Å². The summed E-state index contributed by atoms with van der Waals surface area (Å²) in [5.74, 6) is 2.49. The number of hydrogen-bond acceptors (Lipinski definition) is 2. The number of hydrogen-bond donors (Lipinski definition) is 0. The molecule has 0 aliphatic carbocycles. The van der Waals surface area contributed by atoms with E-state index in [-0.39, 0.29) is 32.5 Å². The predicted octanol–water partition coefficient (Wildman–Crippen LogP) is 7.80. The van der Waals surface area contributed by atoms with Crippen LogP contribution in [0.25, 0.3) is 0 Å². The Hall–Kier alpha value is -0.0995. The fraction of sp³-hybridized carbons (Fsp3) is 0.800. The van der Waals surface area contributed by atoms with E-state index in [0.29, 0.717) is 0 Å². The van der Waals surface area contributed by atoms with Crippen LogP contribution in [0.5, 0.6) is 0 Å². The molecule has 0 radical (unpaired) electrons. The quantitative estimate of drug-likeness (QED) is 0.353. The van der Waals surface area contributed by atoms with Gasteiger partial charge in [-0.2, -0.15) is 0 Å². The van der Waals surface area contributed by atoms with E-state index in [0.717, 1.165) is 0 Å². The first-order valence-corrected chi connectivity index (χ1v) is 16.5. The van der Waals surface area contributed by atoms with Crippen molar-refractivity contribution >= 4 is 41.9 Å². The topological polar surface area (TPSA) is 35.6 Å². The first kappa shape index (κ1) is 31.1. The van der Waals surface area contributed by atoms with Crippen LogP contribution in [0.1, 0.15) is 159 Å². The molecule has 0 saturated carbocycles. The molecule has 2 heterocycles. The van der Waals surface area contributed by atoms with Crippen molar-refractivity contribution in [3.8, 4) is 0 Å². The second kappa shape index (κ2) is 9.27. The zero-order valence-corrected chi connectivity index (χ0v) is 30.0. The minimum absolute atomic E-state index is 0.00721. The fourth-order valence-corrected chi connectivity index (χ4v) is 12.8. The minimum atomic E-state index is -1.94. The number of aromatic nitrogens is 4. The molecule has 0 amide bonds. The zero-order chi connectivity index (χ0) is 27.7. The molecule has 4 nitrogen and oxygen atoms in total. The van der Waals surface area contributed by atoms with Gasteiger partial charge in [0.25, 0.3) is 0 Å². The fourth-order valence-electron chi connectivity index (χ4n) is 5.03. The first-order valence-electron chi connectivity index (χ1n) is 13.4. The average molecular weight is 558 g/mol. The third kappa shape index (κ3) is 6.67. The van der Waals surface area contributed by atoms with E-state index in [1.807, 2.05) is 0 Å². The van der Waals surface area contributed by atoms with Crippen LogP contribution in [0.3, 0.4) is 0 Å². The number of imidazole rings is 2. The van der Waals surface area contributed by atoms with Crippen molar-refractivity contribution in [1.82, 2.24) is 10.0 Å². The monoisotopic (exact) mass is 558 g/mol. The van der Waals surface area contributed by atoms with Crippen molar-refractivity contribution in [3.63, 3.8) is 0 Å². The van der Waals surface area contributed by atoms with Gasteiger partial charge in [0, 0.05) is 0 Å². The summed E-state index contributed by atoms with van der Waals surface area (Å²) in [7, 11) is 0. The normalized spacial score (nSPS) is 14.5. The Kier molecular flexibility index (Phi) is 8.25. The van der Waals surface area contributed by atoms with E-state index >= 15 is 0 Å². The molecule has 0 spiro atoms. The standard InChI is InChI=1S/2C15H27N2.Sr/c2*1-13(2,3)10-11(14(4,5)6)17-12(16-10)15(7,8)9;/h2*1-9H3;/q2*-1;+2. The summed E-state index contributed by atoms with van der Waals surface area (Å²) in [5.41, 5.74) is 5.31. The second-order valence-electron chi connectivity index (χ2n) is 16.8. The molecular formula is C30H54N4Sr. The summed E-state index contributed by atoms with van der Waals surface area (Å²) >= 11 is -1.94. The molecule has 35 heavy (non-hydrogen) atoms. The summed E-state index contributed by atoms with van der Waals surface area (Å²) in [6, 6.07) is 0. The molecule has 0 N–H and O–H groups in total. The van der Waals surface area contributed by atoms with E-state index in [2.05, 4.69) is 125 Å². The van der Waals surface area contributed by atoms with E-state index in [1.165, 1.54) is 34.4 Å². The molecule has 196 valence electrons. The molecule has 5 heteroatoms. The molecule has 0 fully saturated rings. The Balaban J connectivity index is 3.10. The molecular weight excluding hydrogens is 504 g/mol. The molecule has 0 unspecified atom stereocenters. The Morgan fingerprint density at radius 1 is 0.400 bits per heavy atom. The summed E-state index contributed by atoms with van der Waals surface area (Å²) in [5, 5.41) is 0. The van der Waals surface area contributed by atoms with Gasteiger partial charge in [0.15, 0.2) is 0 Å². The van der Waals surface area contributed by atoms with Gasteiger partial charge in [-0.25, -0.2) is 0 Å². The number of rotatable bonds is 2. The molecule has 0 atom stereocenters. The molecule has 2 rings (SSSR count). The molecule has 0 bridgehead atoms. The van der Waals surface area contributed by atoms with Crippen LogP contribution in [0, 0.1) is 0 Å². The third-order valence-corrected chi connectivity index (χ3v) is 10.8. The molecule has 0 saturated heterocycles.